The molecule has 3 amide bonds. The summed E-state index contributed by atoms with van der Waals surface area (Å²) in [6.07, 6.45) is 2.57. The van der Waals surface area contributed by atoms with E-state index in [0.717, 1.165) is 0 Å². The molecular formula is C22H23N3O7S. The van der Waals surface area contributed by atoms with Crippen LogP contribution < -0.4 is 10.6 Å². The maximum Gasteiger partial charge on any atom is 0.338 e. The third-order valence-corrected chi connectivity index (χ3v) is 6.21. The van der Waals surface area contributed by atoms with Crippen LogP contribution in [0.15, 0.2) is 51.6 Å². The van der Waals surface area contributed by atoms with Gasteiger partial charge in [0.05, 0.1) is 29.0 Å². The molecule has 0 saturated carbocycles. The fourth-order valence-corrected chi connectivity index (χ4v) is 4.57. The van der Waals surface area contributed by atoms with Gasteiger partial charge in [0.15, 0.2) is 0 Å². The van der Waals surface area contributed by atoms with Gasteiger partial charge in [-0.2, -0.15) is 0 Å². The maximum absolute atomic E-state index is 12.9. The normalized spacial score (nSPS) is 20.3. The zero-order valence-electron chi connectivity index (χ0n) is 17.9. The highest BCUT2D eigenvalue weighted by Gasteiger charge is 2.38. The van der Waals surface area contributed by atoms with E-state index in [-0.39, 0.29) is 30.4 Å². The monoisotopic (exact) mass is 473 g/mol. The van der Waals surface area contributed by atoms with E-state index in [2.05, 4.69) is 10.6 Å². The minimum Gasteiger partial charge on any atom is -0.467 e. The Labute approximate surface area is 193 Å². The molecule has 2 aliphatic rings. The molecule has 2 N–H and O–H groups in total. The summed E-state index contributed by atoms with van der Waals surface area (Å²) in [7, 11) is 0. The van der Waals surface area contributed by atoms with Gasteiger partial charge in [0.1, 0.15) is 24.5 Å². The Morgan fingerprint density at radius 2 is 2.09 bits per heavy atom. The van der Waals surface area contributed by atoms with Crippen LogP contribution in [0.5, 0.6) is 0 Å². The summed E-state index contributed by atoms with van der Waals surface area (Å²) in [6, 6.07) is 4.53. The van der Waals surface area contributed by atoms with E-state index < -0.39 is 30.1 Å². The molecule has 0 aromatic carbocycles. The third-order valence-electron chi connectivity index (χ3n) is 5.35. The quantitative estimate of drug-likeness (QED) is 0.591. The van der Waals surface area contributed by atoms with Crippen molar-refractivity contribution >= 4 is 35.2 Å². The van der Waals surface area contributed by atoms with Gasteiger partial charge >= 0.3 is 18.0 Å². The average molecular weight is 474 g/mol. The molecular weight excluding hydrogens is 450 g/mol. The number of hydrogen-bond donors (Lipinski definition) is 2. The lowest BCUT2D eigenvalue weighted by Crippen LogP contribution is -2.47. The van der Waals surface area contributed by atoms with Crippen LogP contribution >= 0.6 is 11.3 Å². The Balaban J connectivity index is 1.53. The molecule has 2 aliphatic heterocycles. The summed E-state index contributed by atoms with van der Waals surface area (Å²) in [4.78, 5) is 52.6. The van der Waals surface area contributed by atoms with Crippen molar-refractivity contribution in [2.24, 2.45) is 0 Å². The van der Waals surface area contributed by atoms with Crippen molar-refractivity contribution in [1.82, 2.24) is 15.5 Å². The van der Waals surface area contributed by atoms with Gasteiger partial charge < -0.3 is 29.4 Å². The Bertz CT molecular complexity index is 1060. The summed E-state index contributed by atoms with van der Waals surface area (Å²) in [5, 5.41) is 6.96. The van der Waals surface area contributed by atoms with E-state index in [9.17, 15) is 19.2 Å². The zero-order valence-corrected chi connectivity index (χ0v) is 18.7. The Morgan fingerprint density at radius 3 is 2.79 bits per heavy atom. The SMILES string of the molecule is CCOC(=O)C1=C(COC(=O)[C@@H]2CCCN2C(=O)c2cccs2)NC(=O)NC1c1ccco1. The Kier molecular flexibility index (Phi) is 6.78. The van der Waals surface area contributed by atoms with Crippen LogP contribution in [-0.2, 0) is 19.1 Å². The smallest absolute Gasteiger partial charge is 0.338 e. The number of carbonyl (C=O) groups excluding carboxylic acids is 4. The van der Waals surface area contributed by atoms with Crippen LogP contribution in [0.1, 0.15) is 41.2 Å². The van der Waals surface area contributed by atoms with Gasteiger partial charge in [-0.15, -0.1) is 11.3 Å². The molecule has 1 saturated heterocycles. The van der Waals surface area contributed by atoms with Crippen LogP contribution in [0.2, 0.25) is 0 Å². The van der Waals surface area contributed by atoms with Gasteiger partial charge in [0.2, 0.25) is 0 Å². The summed E-state index contributed by atoms with van der Waals surface area (Å²) in [6.45, 7) is 1.87. The van der Waals surface area contributed by atoms with Crippen LogP contribution in [0.4, 0.5) is 4.79 Å². The third kappa shape index (κ3) is 4.77. The fourth-order valence-electron chi connectivity index (χ4n) is 3.89. The highest BCUT2D eigenvalue weighted by molar-refractivity contribution is 7.12. The average Bonchev–Trinajstić information content (AvgIpc) is 3.58. The van der Waals surface area contributed by atoms with Gasteiger partial charge in [-0.25, -0.2) is 14.4 Å². The zero-order chi connectivity index (χ0) is 23.4. The van der Waals surface area contributed by atoms with Crippen molar-refractivity contribution in [3.05, 3.63) is 57.8 Å². The topological polar surface area (TPSA) is 127 Å². The predicted octanol–water partition coefficient (Wildman–Crippen LogP) is 2.36. The van der Waals surface area contributed by atoms with Crippen molar-refractivity contribution in [3.63, 3.8) is 0 Å². The molecule has 0 spiro atoms. The number of carbonyl (C=O) groups is 4. The molecule has 1 unspecified atom stereocenters. The number of hydrogen-bond acceptors (Lipinski definition) is 8. The minimum absolute atomic E-state index is 0.0807. The molecule has 174 valence electrons. The standard InChI is InChI=1S/C22H23N3O7S/c1-2-30-21(28)17-13(23-22(29)24-18(17)15-7-4-10-31-15)12-32-20(27)14-6-3-9-25(14)19(26)16-8-5-11-33-16/h4-5,7-8,10-11,14,18H,2-3,6,9,12H2,1H3,(H2,23,24,29)/t14-,18?/m0/s1. The molecule has 33 heavy (non-hydrogen) atoms. The van der Waals surface area contributed by atoms with Gasteiger partial charge in [0.25, 0.3) is 5.91 Å². The molecule has 0 bridgehead atoms. The van der Waals surface area contributed by atoms with E-state index in [1.807, 2.05) is 0 Å². The Morgan fingerprint density at radius 1 is 1.24 bits per heavy atom. The van der Waals surface area contributed by atoms with Crippen LogP contribution in [0.25, 0.3) is 0 Å². The first-order valence-electron chi connectivity index (χ1n) is 10.5. The van der Waals surface area contributed by atoms with Crippen LogP contribution in [0, 0.1) is 0 Å². The number of esters is 2. The second kappa shape index (κ2) is 9.90. The summed E-state index contributed by atoms with van der Waals surface area (Å²) in [5.74, 6) is -1.16. The molecule has 4 rings (SSSR count). The molecule has 11 heteroatoms. The van der Waals surface area contributed by atoms with Gasteiger partial charge in [-0.1, -0.05) is 6.07 Å². The molecule has 1 fully saturated rings. The lowest BCUT2D eigenvalue weighted by molar-refractivity contribution is -0.147. The van der Waals surface area contributed by atoms with Crippen LogP contribution in [0.3, 0.4) is 0 Å². The molecule has 4 heterocycles. The number of amides is 3. The molecule has 0 aliphatic carbocycles. The number of nitrogens with one attached hydrogen (secondary N) is 2. The van der Waals surface area contributed by atoms with Crippen molar-refractivity contribution in [1.29, 1.82) is 0 Å². The van der Waals surface area contributed by atoms with Crippen molar-refractivity contribution in [2.45, 2.75) is 31.8 Å². The first kappa shape index (κ1) is 22.6. The number of likely N-dealkylation sites (tertiary alicyclic amines) is 1. The number of urea groups is 1. The molecule has 2 aromatic heterocycles. The van der Waals surface area contributed by atoms with Crippen LogP contribution in [-0.4, -0.2) is 54.6 Å². The first-order valence-corrected chi connectivity index (χ1v) is 11.4. The molecule has 2 aromatic rings. The van der Waals surface area contributed by atoms with E-state index >= 15 is 0 Å². The number of thiophene rings is 1. The largest absolute Gasteiger partial charge is 0.467 e. The highest BCUT2D eigenvalue weighted by Crippen LogP contribution is 2.29. The highest BCUT2D eigenvalue weighted by atomic mass is 32.1. The van der Waals surface area contributed by atoms with E-state index in [4.69, 9.17) is 13.9 Å². The Hall–Kier alpha value is -3.60. The van der Waals surface area contributed by atoms with Crippen molar-refractivity contribution in [3.8, 4) is 0 Å². The first-order chi connectivity index (χ1) is 16.0. The lowest BCUT2D eigenvalue weighted by atomic mass is 10.0. The summed E-state index contributed by atoms with van der Waals surface area (Å²) >= 11 is 1.31. The lowest BCUT2D eigenvalue weighted by Gasteiger charge is -2.28. The van der Waals surface area contributed by atoms with Gasteiger partial charge in [-0.05, 0) is 43.3 Å². The minimum atomic E-state index is -0.898. The fraction of sp³-hybridized carbons (Fsp3) is 0.364. The van der Waals surface area contributed by atoms with E-state index in [1.165, 1.54) is 22.5 Å². The number of ether oxygens (including phenoxy) is 2. The summed E-state index contributed by atoms with van der Waals surface area (Å²) in [5.41, 5.74) is 0.179. The van der Waals surface area contributed by atoms with Crippen molar-refractivity contribution in [2.75, 3.05) is 19.8 Å². The van der Waals surface area contributed by atoms with E-state index in [0.29, 0.717) is 30.0 Å². The molecule has 0 radical (unpaired) electrons. The number of rotatable bonds is 7. The van der Waals surface area contributed by atoms with E-state index in [1.54, 1.807) is 36.6 Å². The van der Waals surface area contributed by atoms with Gasteiger partial charge in [0, 0.05) is 6.54 Å². The molecule has 2 atom stereocenters. The number of nitrogens with zero attached hydrogens (tertiary/aromatic N) is 1. The predicted molar refractivity (Wildman–Crippen MR) is 116 cm³/mol. The van der Waals surface area contributed by atoms with Crippen molar-refractivity contribution < 1.29 is 33.1 Å². The van der Waals surface area contributed by atoms with Gasteiger partial charge in [-0.3, -0.25) is 4.79 Å². The number of furan rings is 1. The maximum atomic E-state index is 12.9. The second-order valence-electron chi connectivity index (χ2n) is 7.40. The summed E-state index contributed by atoms with van der Waals surface area (Å²) < 4.78 is 16.0. The second-order valence-corrected chi connectivity index (χ2v) is 8.35. The molecule has 10 nitrogen and oxygen atoms in total.